The number of halogens is 2. The van der Waals surface area contributed by atoms with Crippen molar-refractivity contribution in [3.05, 3.63) is 57.4 Å². The number of amides is 1. The number of pyridine rings is 1. The summed E-state index contributed by atoms with van der Waals surface area (Å²) in [6.07, 6.45) is 0. The van der Waals surface area contributed by atoms with E-state index in [9.17, 15) is 9.18 Å². The normalized spacial score (nSPS) is 10.3. The van der Waals surface area contributed by atoms with E-state index < -0.39 is 11.7 Å². The molecule has 0 aliphatic carbocycles. The summed E-state index contributed by atoms with van der Waals surface area (Å²) in [6, 6.07) is 7.94. The fourth-order valence-corrected chi connectivity index (χ4v) is 2.10. The van der Waals surface area contributed by atoms with E-state index in [4.69, 9.17) is 0 Å². The van der Waals surface area contributed by atoms with Crippen molar-refractivity contribution >= 4 is 27.7 Å². The van der Waals surface area contributed by atoms with Gasteiger partial charge in [0.15, 0.2) is 0 Å². The zero-order valence-corrected chi connectivity index (χ0v) is 12.1. The van der Waals surface area contributed by atoms with Gasteiger partial charge in [0.2, 0.25) is 0 Å². The first kappa shape index (κ1) is 13.7. The molecule has 0 aliphatic rings. The Balaban J connectivity index is 2.25. The van der Waals surface area contributed by atoms with E-state index in [0.29, 0.717) is 10.3 Å². The third-order valence-corrected chi connectivity index (χ3v) is 3.01. The predicted molar refractivity (Wildman–Crippen MR) is 75.8 cm³/mol. The van der Waals surface area contributed by atoms with Gasteiger partial charge in [-0.15, -0.1) is 0 Å². The van der Waals surface area contributed by atoms with E-state index in [-0.39, 0.29) is 5.56 Å². The van der Waals surface area contributed by atoms with Crippen LogP contribution in [0.3, 0.4) is 0 Å². The van der Waals surface area contributed by atoms with Gasteiger partial charge in [-0.3, -0.25) is 4.79 Å². The number of nitrogens with one attached hydrogen (secondary N) is 1. The van der Waals surface area contributed by atoms with Crippen LogP contribution in [0.4, 0.5) is 10.2 Å². The molecule has 0 saturated heterocycles. The van der Waals surface area contributed by atoms with Crippen molar-refractivity contribution in [2.75, 3.05) is 5.32 Å². The summed E-state index contributed by atoms with van der Waals surface area (Å²) in [5, 5.41) is 2.59. The number of hydrogen-bond donors (Lipinski definition) is 1. The van der Waals surface area contributed by atoms with E-state index in [0.717, 1.165) is 11.3 Å². The van der Waals surface area contributed by atoms with Crippen LogP contribution in [0, 0.1) is 19.7 Å². The first-order valence-electron chi connectivity index (χ1n) is 5.67. The molecule has 1 aromatic carbocycles. The Morgan fingerprint density at radius 1 is 1.26 bits per heavy atom. The lowest BCUT2D eigenvalue weighted by Gasteiger charge is -2.07. The largest absolute Gasteiger partial charge is 0.306 e. The van der Waals surface area contributed by atoms with Gasteiger partial charge in [-0.1, -0.05) is 15.9 Å². The summed E-state index contributed by atoms with van der Waals surface area (Å²) in [4.78, 5) is 16.1. The number of rotatable bonds is 2. The Morgan fingerprint density at radius 2 is 2.00 bits per heavy atom. The third kappa shape index (κ3) is 3.38. The van der Waals surface area contributed by atoms with Crippen molar-refractivity contribution < 1.29 is 9.18 Å². The number of carbonyl (C=O) groups is 1. The highest BCUT2D eigenvalue weighted by Crippen LogP contribution is 2.17. The summed E-state index contributed by atoms with van der Waals surface area (Å²) < 4.78 is 14.2. The van der Waals surface area contributed by atoms with E-state index in [2.05, 4.69) is 26.2 Å². The average molecular weight is 323 g/mol. The Morgan fingerprint density at radius 3 is 2.63 bits per heavy atom. The molecule has 1 amide bonds. The second-order valence-electron chi connectivity index (χ2n) is 4.25. The molecule has 0 bridgehead atoms. The molecule has 2 rings (SSSR count). The molecule has 3 nitrogen and oxygen atoms in total. The van der Waals surface area contributed by atoms with Gasteiger partial charge in [0.25, 0.3) is 5.91 Å². The maximum atomic E-state index is 13.7. The van der Waals surface area contributed by atoms with E-state index in [1.54, 1.807) is 12.1 Å². The molecule has 1 N–H and O–H groups in total. The van der Waals surface area contributed by atoms with Gasteiger partial charge in [-0.05, 0) is 49.7 Å². The highest BCUT2D eigenvalue weighted by molar-refractivity contribution is 9.10. The summed E-state index contributed by atoms with van der Waals surface area (Å²) in [6.45, 7) is 3.74. The van der Waals surface area contributed by atoms with E-state index in [1.807, 2.05) is 19.9 Å². The number of hydrogen-bond acceptors (Lipinski definition) is 2. The molecule has 0 spiro atoms. The molecule has 2 aromatic rings. The lowest BCUT2D eigenvalue weighted by atomic mass is 10.2. The highest BCUT2D eigenvalue weighted by atomic mass is 79.9. The second kappa shape index (κ2) is 5.48. The van der Waals surface area contributed by atoms with Crippen LogP contribution in [0.25, 0.3) is 0 Å². The molecule has 0 unspecified atom stereocenters. The molecule has 0 aliphatic heterocycles. The topological polar surface area (TPSA) is 42.0 Å². The minimum atomic E-state index is -0.573. The molecule has 0 radical (unpaired) electrons. The van der Waals surface area contributed by atoms with Gasteiger partial charge in [0, 0.05) is 10.2 Å². The maximum absolute atomic E-state index is 13.7. The monoisotopic (exact) mass is 322 g/mol. The van der Waals surface area contributed by atoms with Gasteiger partial charge < -0.3 is 5.32 Å². The molecule has 19 heavy (non-hydrogen) atoms. The van der Waals surface area contributed by atoms with Crippen molar-refractivity contribution in [3.63, 3.8) is 0 Å². The molecular weight excluding hydrogens is 311 g/mol. The summed E-state index contributed by atoms with van der Waals surface area (Å²) in [5.41, 5.74) is 1.77. The van der Waals surface area contributed by atoms with Gasteiger partial charge in [-0.25, -0.2) is 9.37 Å². The smallest absolute Gasteiger partial charge is 0.259 e. The lowest BCUT2D eigenvalue weighted by molar-refractivity contribution is 0.102. The van der Waals surface area contributed by atoms with Crippen molar-refractivity contribution in [3.8, 4) is 0 Å². The number of nitrogens with zero attached hydrogens (tertiary/aromatic N) is 1. The van der Waals surface area contributed by atoms with Crippen LogP contribution in [-0.4, -0.2) is 10.9 Å². The zero-order chi connectivity index (χ0) is 14.0. The van der Waals surface area contributed by atoms with Crippen molar-refractivity contribution in [1.29, 1.82) is 0 Å². The van der Waals surface area contributed by atoms with Gasteiger partial charge in [-0.2, -0.15) is 0 Å². The molecule has 0 saturated carbocycles. The lowest BCUT2D eigenvalue weighted by Crippen LogP contribution is -2.15. The minimum absolute atomic E-state index is 0.0100. The molecule has 1 heterocycles. The van der Waals surface area contributed by atoms with Crippen molar-refractivity contribution in [2.24, 2.45) is 0 Å². The molecule has 5 heteroatoms. The molecule has 98 valence electrons. The van der Waals surface area contributed by atoms with Crippen LogP contribution in [0.1, 0.15) is 21.6 Å². The Kier molecular flexibility index (Phi) is 3.95. The highest BCUT2D eigenvalue weighted by Gasteiger charge is 2.12. The zero-order valence-electron chi connectivity index (χ0n) is 10.5. The van der Waals surface area contributed by atoms with Crippen LogP contribution in [-0.2, 0) is 0 Å². The molecular formula is C14H12BrFN2O. The van der Waals surface area contributed by atoms with Crippen LogP contribution in [0.2, 0.25) is 0 Å². The maximum Gasteiger partial charge on any atom is 0.259 e. The minimum Gasteiger partial charge on any atom is -0.306 e. The Labute approximate surface area is 119 Å². The Bertz CT molecular complexity index is 623. The summed E-state index contributed by atoms with van der Waals surface area (Å²) in [5.74, 6) is -0.663. The van der Waals surface area contributed by atoms with Gasteiger partial charge in [0.05, 0.1) is 5.56 Å². The fourth-order valence-electron chi connectivity index (χ4n) is 1.76. The second-order valence-corrected chi connectivity index (χ2v) is 5.17. The summed E-state index contributed by atoms with van der Waals surface area (Å²) >= 11 is 3.15. The molecule has 0 fully saturated rings. The van der Waals surface area contributed by atoms with Crippen LogP contribution >= 0.6 is 15.9 Å². The van der Waals surface area contributed by atoms with E-state index in [1.165, 1.54) is 12.1 Å². The van der Waals surface area contributed by atoms with Crippen molar-refractivity contribution in [1.82, 2.24) is 4.98 Å². The first-order valence-corrected chi connectivity index (χ1v) is 6.47. The molecule has 1 aromatic heterocycles. The average Bonchev–Trinajstić information content (AvgIpc) is 2.26. The fraction of sp³-hybridized carbons (Fsp3) is 0.143. The van der Waals surface area contributed by atoms with Crippen LogP contribution < -0.4 is 5.32 Å². The molecule has 0 atom stereocenters. The number of benzene rings is 1. The van der Waals surface area contributed by atoms with Gasteiger partial charge in [0.1, 0.15) is 11.6 Å². The standard InChI is InChI=1S/C14H12BrFN2O/c1-8-5-9(2)17-13(6-8)18-14(19)11-4-3-10(15)7-12(11)16/h3-7H,1-2H3,(H,17,18,19). The number of carbonyl (C=O) groups excluding carboxylic acids is 1. The SMILES string of the molecule is Cc1cc(C)nc(NC(=O)c2ccc(Br)cc2F)c1. The van der Waals surface area contributed by atoms with Crippen molar-refractivity contribution in [2.45, 2.75) is 13.8 Å². The number of anilines is 1. The summed E-state index contributed by atoms with van der Waals surface area (Å²) in [7, 11) is 0. The first-order chi connectivity index (χ1) is 8.95. The third-order valence-electron chi connectivity index (χ3n) is 2.52. The predicted octanol–water partition coefficient (Wildman–Crippen LogP) is 3.85. The van der Waals surface area contributed by atoms with Gasteiger partial charge >= 0.3 is 0 Å². The Hall–Kier alpha value is -1.75. The number of aromatic nitrogens is 1. The van der Waals surface area contributed by atoms with Crippen LogP contribution in [0.15, 0.2) is 34.8 Å². The number of aryl methyl sites for hydroxylation is 2. The van der Waals surface area contributed by atoms with E-state index >= 15 is 0 Å². The van der Waals surface area contributed by atoms with Crippen LogP contribution in [0.5, 0.6) is 0 Å². The quantitative estimate of drug-likeness (QED) is 0.912.